The molecule has 0 fully saturated rings. The summed E-state index contributed by atoms with van der Waals surface area (Å²) in [6, 6.07) is 0.374. The lowest BCUT2D eigenvalue weighted by atomic mass is 10.2. The number of imidazole rings is 1. The minimum Gasteiger partial charge on any atom is -0.462 e. The summed E-state index contributed by atoms with van der Waals surface area (Å²) in [5, 5.41) is 19.3. The van der Waals surface area contributed by atoms with Gasteiger partial charge in [0.1, 0.15) is 0 Å². The van der Waals surface area contributed by atoms with Crippen LogP contribution in [0.2, 0.25) is 0 Å². The number of aliphatic hydroxyl groups excluding tert-OH is 2. The molecule has 0 bridgehead atoms. The molecule has 1 atom stereocenters. The molecule has 0 radical (unpaired) electrons. The predicted octanol–water partition coefficient (Wildman–Crippen LogP) is 0.240. The number of rotatable bonds is 6. The van der Waals surface area contributed by atoms with Gasteiger partial charge in [0, 0.05) is 26.7 Å². The molecule has 22 heavy (non-hydrogen) atoms. The number of carbonyl (C=O) groups is 1. The van der Waals surface area contributed by atoms with Crippen molar-refractivity contribution in [2.45, 2.75) is 46.2 Å². The average molecular weight is 312 g/mol. The van der Waals surface area contributed by atoms with Crippen molar-refractivity contribution >= 4 is 11.7 Å². The molecule has 2 heterocycles. The second-order valence-corrected chi connectivity index (χ2v) is 5.51. The summed E-state index contributed by atoms with van der Waals surface area (Å²) in [5.41, 5.74) is 0.406. The molecule has 124 valence electrons. The summed E-state index contributed by atoms with van der Waals surface area (Å²) in [5.74, 6) is 0.109. The molecule has 1 amide bonds. The first-order valence-electron chi connectivity index (χ1n) is 7.52. The number of ether oxygens (including phenoxy) is 1. The number of aromatic nitrogens is 2. The Bertz CT molecular complexity index is 543. The number of hydrogen-bond donors (Lipinski definition) is 2. The molecule has 0 saturated heterocycles. The number of anilines is 1. The van der Waals surface area contributed by atoms with Crippen LogP contribution in [0, 0.1) is 0 Å². The van der Waals surface area contributed by atoms with Crippen LogP contribution in [0.5, 0.6) is 6.01 Å². The minimum absolute atomic E-state index is 0.0399. The number of aliphatic hydroxyl groups is 2. The Kier molecular flexibility index (Phi) is 4.92. The second kappa shape index (κ2) is 6.53. The van der Waals surface area contributed by atoms with Crippen LogP contribution in [0.1, 0.15) is 37.7 Å². The molecule has 2 rings (SSSR count). The minimum atomic E-state index is -1.10. The molecule has 1 aliphatic heterocycles. The SMILES string of the molecule is CCn1c(OC(C)C)nc2c1C(=O)N(CCCO)C(O)N2C. The average Bonchev–Trinajstić information content (AvgIpc) is 2.82. The van der Waals surface area contributed by atoms with Crippen LogP contribution in [-0.2, 0) is 6.54 Å². The maximum absolute atomic E-state index is 12.7. The van der Waals surface area contributed by atoms with Crippen molar-refractivity contribution in [2.24, 2.45) is 0 Å². The highest BCUT2D eigenvalue weighted by Gasteiger charge is 2.39. The first-order valence-corrected chi connectivity index (χ1v) is 7.52. The number of hydrogen-bond acceptors (Lipinski definition) is 6. The van der Waals surface area contributed by atoms with Crippen molar-refractivity contribution in [2.75, 3.05) is 25.1 Å². The Morgan fingerprint density at radius 1 is 1.41 bits per heavy atom. The fraction of sp³-hybridized carbons (Fsp3) is 0.714. The Morgan fingerprint density at radius 2 is 2.09 bits per heavy atom. The molecular formula is C14H24N4O4. The highest BCUT2D eigenvalue weighted by Crippen LogP contribution is 2.32. The van der Waals surface area contributed by atoms with E-state index in [2.05, 4.69) is 4.98 Å². The lowest BCUT2D eigenvalue weighted by Crippen LogP contribution is -2.54. The standard InChI is InChI=1S/C14H24N4O4/c1-5-17-10-11(15-13(17)22-9(2)3)16(4)14(21)18(12(10)20)7-6-8-19/h9,14,19,21H,5-8H2,1-4H3. The fourth-order valence-corrected chi connectivity index (χ4v) is 2.49. The van der Waals surface area contributed by atoms with Gasteiger partial charge in [0.05, 0.1) is 6.10 Å². The van der Waals surface area contributed by atoms with Crippen LogP contribution < -0.4 is 9.64 Å². The van der Waals surface area contributed by atoms with E-state index >= 15 is 0 Å². The van der Waals surface area contributed by atoms with Crippen molar-refractivity contribution in [1.29, 1.82) is 0 Å². The summed E-state index contributed by atoms with van der Waals surface area (Å²) < 4.78 is 7.38. The number of amides is 1. The van der Waals surface area contributed by atoms with Crippen LogP contribution >= 0.6 is 0 Å². The third-order valence-corrected chi connectivity index (χ3v) is 3.55. The van der Waals surface area contributed by atoms with E-state index in [9.17, 15) is 9.90 Å². The highest BCUT2D eigenvalue weighted by molar-refractivity contribution is 5.99. The zero-order valence-corrected chi connectivity index (χ0v) is 13.5. The van der Waals surface area contributed by atoms with Crippen molar-refractivity contribution in [1.82, 2.24) is 14.5 Å². The molecule has 1 aromatic heterocycles. The van der Waals surface area contributed by atoms with Gasteiger partial charge in [0.2, 0.25) is 6.35 Å². The fourth-order valence-electron chi connectivity index (χ4n) is 2.49. The monoisotopic (exact) mass is 312 g/mol. The highest BCUT2D eigenvalue weighted by atomic mass is 16.5. The third kappa shape index (κ3) is 2.76. The Hall–Kier alpha value is -1.80. The number of fused-ring (bicyclic) bond motifs is 1. The zero-order valence-electron chi connectivity index (χ0n) is 13.5. The van der Waals surface area contributed by atoms with Crippen LogP contribution in [0.3, 0.4) is 0 Å². The van der Waals surface area contributed by atoms with Gasteiger partial charge in [-0.3, -0.25) is 14.3 Å². The molecule has 0 spiro atoms. The van der Waals surface area contributed by atoms with Gasteiger partial charge in [0.15, 0.2) is 11.5 Å². The molecule has 2 N–H and O–H groups in total. The predicted molar refractivity (Wildman–Crippen MR) is 80.8 cm³/mol. The van der Waals surface area contributed by atoms with E-state index in [1.165, 1.54) is 9.80 Å². The topological polar surface area (TPSA) is 91.1 Å². The third-order valence-electron chi connectivity index (χ3n) is 3.55. The number of carbonyl (C=O) groups excluding carboxylic acids is 1. The summed E-state index contributed by atoms with van der Waals surface area (Å²) in [4.78, 5) is 19.9. The largest absolute Gasteiger partial charge is 0.462 e. The summed E-state index contributed by atoms with van der Waals surface area (Å²) in [7, 11) is 1.67. The van der Waals surface area contributed by atoms with Crippen LogP contribution in [0.15, 0.2) is 0 Å². The Labute approximate surface area is 129 Å². The van der Waals surface area contributed by atoms with E-state index in [-0.39, 0.29) is 25.2 Å². The first kappa shape index (κ1) is 16.6. The molecule has 1 aliphatic rings. The van der Waals surface area contributed by atoms with E-state index < -0.39 is 6.35 Å². The van der Waals surface area contributed by atoms with E-state index in [0.717, 1.165) is 0 Å². The van der Waals surface area contributed by atoms with Crippen molar-refractivity contribution in [3.05, 3.63) is 5.69 Å². The van der Waals surface area contributed by atoms with Crippen molar-refractivity contribution in [3.63, 3.8) is 0 Å². The van der Waals surface area contributed by atoms with E-state index in [1.54, 1.807) is 11.6 Å². The van der Waals surface area contributed by atoms with E-state index in [4.69, 9.17) is 9.84 Å². The summed E-state index contributed by atoms with van der Waals surface area (Å²) >= 11 is 0. The summed E-state index contributed by atoms with van der Waals surface area (Å²) in [6.45, 7) is 6.46. The van der Waals surface area contributed by atoms with E-state index in [1.807, 2.05) is 20.8 Å². The number of nitrogens with zero attached hydrogens (tertiary/aromatic N) is 4. The molecular weight excluding hydrogens is 288 g/mol. The Morgan fingerprint density at radius 3 is 2.64 bits per heavy atom. The van der Waals surface area contributed by atoms with Gasteiger partial charge >= 0.3 is 0 Å². The van der Waals surface area contributed by atoms with Gasteiger partial charge in [-0.05, 0) is 27.2 Å². The quantitative estimate of drug-likeness (QED) is 0.782. The molecule has 8 heteroatoms. The van der Waals surface area contributed by atoms with Gasteiger partial charge in [-0.15, -0.1) is 0 Å². The van der Waals surface area contributed by atoms with Crippen LogP contribution in [0.4, 0.5) is 5.82 Å². The summed E-state index contributed by atoms with van der Waals surface area (Å²) in [6.07, 6.45) is -0.759. The molecule has 1 aromatic rings. The normalized spacial score (nSPS) is 18.1. The molecule has 1 unspecified atom stereocenters. The van der Waals surface area contributed by atoms with Crippen LogP contribution in [-0.4, -0.2) is 63.2 Å². The lowest BCUT2D eigenvalue weighted by molar-refractivity contribution is 0.00108. The second-order valence-electron chi connectivity index (χ2n) is 5.51. The van der Waals surface area contributed by atoms with Crippen molar-refractivity contribution in [3.8, 4) is 6.01 Å². The smallest absolute Gasteiger partial charge is 0.299 e. The van der Waals surface area contributed by atoms with E-state index in [0.29, 0.717) is 30.5 Å². The maximum Gasteiger partial charge on any atom is 0.299 e. The molecule has 0 aliphatic carbocycles. The van der Waals surface area contributed by atoms with Gasteiger partial charge in [-0.1, -0.05) is 0 Å². The maximum atomic E-state index is 12.7. The molecule has 8 nitrogen and oxygen atoms in total. The van der Waals surface area contributed by atoms with Gasteiger partial charge in [-0.25, -0.2) is 0 Å². The van der Waals surface area contributed by atoms with Gasteiger partial charge < -0.3 is 19.8 Å². The van der Waals surface area contributed by atoms with Gasteiger partial charge in [0.25, 0.3) is 11.9 Å². The van der Waals surface area contributed by atoms with Gasteiger partial charge in [-0.2, -0.15) is 4.98 Å². The zero-order chi connectivity index (χ0) is 16.4. The van der Waals surface area contributed by atoms with Crippen molar-refractivity contribution < 1.29 is 19.7 Å². The molecule has 0 saturated carbocycles. The molecule has 0 aromatic carbocycles. The Balaban J connectivity index is 2.45. The lowest BCUT2D eigenvalue weighted by Gasteiger charge is -2.38. The first-order chi connectivity index (χ1) is 10.4. The van der Waals surface area contributed by atoms with Crippen LogP contribution in [0.25, 0.3) is 0 Å².